The number of methoxy groups -OCH3 is 2. The molecule has 0 spiro atoms. The Labute approximate surface area is 181 Å². The van der Waals surface area contributed by atoms with Crippen LogP contribution in [0.25, 0.3) is 16.7 Å². The first kappa shape index (κ1) is 21.5. The zero-order chi connectivity index (χ0) is 22.0. The van der Waals surface area contributed by atoms with Crippen molar-refractivity contribution < 1.29 is 29.3 Å². The Balaban J connectivity index is 2.21. The van der Waals surface area contributed by atoms with Crippen molar-refractivity contribution in [2.24, 2.45) is 0 Å². The number of fused-ring (bicyclic) bond motifs is 1. The number of halogens is 2. The van der Waals surface area contributed by atoms with Gasteiger partial charge in [0.2, 0.25) is 0 Å². The number of aromatic nitrogens is 1. The number of carboxylic acid groups (broad SMARTS) is 1. The summed E-state index contributed by atoms with van der Waals surface area (Å²) >= 11 is 12.3. The molecule has 0 radical (unpaired) electrons. The molecule has 0 unspecified atom stereocenters. The van der Waals surface area contributed by atoms with Crippen molar-refractivity contribution >= 4 is 51.6 Å². The molecule has 0 fully saturated rings. The third-order valence-corrected chi connectivity index (χ3v) is 5.08. The molecule has 0 bridgehead atoms. The van der Waals surface area contributed by atoms with Gasteiger partial charge in [-0.05, 0) is 23.8 Å². The summed E-state index contributed by atoms with van der Waals surface area (Å²) in [5, 5.41) is 20.8. The van der Waals surface area contributed by atoms with Crippen molar-refractivity contribution in [1.82, 2.24) is 4.57 Å². The summed E-state index contributed by atoms with van der Waals surface area (Å²) in [4.78, 5) is 22.4. The van der Waals surface area contributed by atoms with Crippen LogP contribution in [0.15, 0.2) is 42.6 Å². The first-order valence-electron chi connectivity index (χ1n) is 8.62. The number of hydrogen-bond donors (Lipinski definition) is 2. The van der Waals surface area contributed by atoms with Gasteiger partial charge in [0.05, 0.1) is 19.7 Å². The van der Waals surface area contributed by atoms with E-state index in [0.29, 0.717) is 45.1 Å². The topological polar surface area (TPSA) is 98.0 Å². The smallest absolute Gasteiger partial charge is 0.376 e. The molecule has 0 atom stereocenters. The summed E-state index contributed by atoms with van der Waals surface area (Å²) in [5.41, 5.74) is 1.67. The molecule has 0 amide bonds. The summed E-state index contributed by atoms with van der Waals surface area (Å²) in [6, 6.07) is 8.46. The summed E-state index contributed by atoms with van der Waals surface area (Å²) < 4.78 is 12.5. The van der Waals surface area contributed by atoms with Crippen LogP contribution in [0.2, 0.25) is 10.0 Å². The number of carboxylic acids is 1. The molecule has 0 aliphatic carbocycles. The number of nitrogens with zero attached hydrogens (tertiary/aromatic N) is 1. The average molecular weight is 450 g/mol. The molecule has 3 rings (SSSR count). The van der Waals surface area contributed by atoms with Gasteiger partial charge in [-0.2, -0.15) is 0 Å². The number of rotatable bonds is 7. The van der Waals surface area contributed by atoms with E-state index in [1.54, 1.807) is 41.1 Å². The lowest BCUT2D eigenvalue weighted by Gasteiger charge is -2.11. The zero-order valence-electron chi connectivity index (χ0n) is 16.0. The lowest BCUT2D eigenvalue weighted by atomic mass is 10.1. The number of aliphatic hydroxyl groups is 1. The van der Waals surface area contributed by atoms with Crippen LogP contribution in [-0.4, -0.2) is 40.8 Å². The summed E-state index contributed by atoms with van der Waals surface area (Å²) in [6.07, 6.45) is 2.25. The van der Waals surface area contributed by atoms with Crippen LogP contribution in [0.1, 0.15) is 11.1 Å². The normalized spacial score (nSPS) is 11.5. The van der Waals surface area contributed by atoms with Gasteiger partial charge >= 0.3 is 5.97 Å². The highest BCUT2D eigenvalue weighted by molar-refractivity contribution is 6.38. The Bertz CT molecular complexity index is 1180. The molecule has 1 aromatic heterocycles. The highest BCUT2D eigenvalue weighted by atomic mass is 35.5. The molecule has 156 valence electrons. The summed E-state index contributed by atoms with van der Waals surface area (Å²) in [6.45, 7) is 0.322. The quantitative estimate of drug-likeness (QED) is 0.311. The van der Waals surface area contributed by atoms with Gasteiger partial charge in [-0.1, -0.05) is 29.3 Å². The van der Waals surface area contributed by atoms with Gasteiger partial charge in [0.1, 0.15) is 5.76 Å². The Morgan fingerprint density at radius 2 is 1.73 bits per heavy atom. The molecule has 3 aromatic rings. The molecule has 2 N–H and O–H groups in total. The molecule has 1 heterocycles. The van der Waals surface area contributed by atoms with E-state index in [9.17, 15) is 14.7 Å². The van der Waals surface area contributed by atoms with Crippen molar-refractivity contribution in [1.29, 1.82) is 0 Å². The van der Waals surface area contributed by atoms with E-state index in [-0.39, 0.29) is 5.56 Å². The minimum Gasteiger partial charge on any atom is -0.507 e. The van der Waals surface area contributed by atoms with Crippen molar-refractivity contribution in [2.75, 3.05) is 14.2 Å². The third-order valence-electron chi connectivity index (χ3n) is 4.50. The summed E-state index contributed by atoms with van der Waals surface area (Å²) in [5.74, 6) is -2.53. The third kappa shape index (κ3) is 4.22. The molecule has 30 heavy (non-hydrogen) atoms. The van der Waals surface area contributed by atoms with Crippen LogP contribution in [0.5, 0.6) is 11.5 Å². The lowest BCUT2D eigenvalue weighted by Crippen LogP contribution is -2.09. The Morgan fingerprint density at radius 3 is 2.33 bits per heavy atom. The van der Waals surface area contributed by atoms with Gasteiger partial charge in [0.15, 0.2) is 11.5 Å². The number of hydrogen-bond acceptors (Lipinski definition) is 5. The molecule has 0 saturated carbocycles. The average Bonchev–Trinajstić information content (AvgIpc) is 3.06. The van der Waals surface area contributed by atoms with Crippen molar-refractivity contribution in [3.05, 3.63) is 63.8 Å². The molecular weight excluding hydrogens is 433 g/mol. The number of aliphatic carboxylic acids is 1. The fraction of sp³-hybridized carbons (Fsp3) is 0.143. The SMILES string of the molecule is COc1cc2c(C(O)=CC(=O)C(=O)O)cn(Cc3ccc(Cl)cc3Cl)c2cc1OC. The van der Waals surface area contributed by atoms with Crippen LogP contribution in [0.4, 0.5) is 0 Å². The molecule has 0 aliphatic heterocycles. The van der Waals surface area contributed by atoms with Crippen molar-refractivity contribution in [2.45, 2.75) is 6.54 Å². The first-order chi connectivity index (χ1) is 14.2. The second kappa shape index (κ2) is 8.69. The van der Waals surface area contributed by atoms with Gasteiger partial charge in [0, 0.05) is 45.9 Å². The maximum atomic E-state index is 11.5. The molecule has 9 heteroatoms. The lowest BCUT2D eigenvalue weighted by molar-refractivity contribution is -0.146. The second-order valence-electron chi connectivity index (χ2n) is 6.33. The fourth-order valence-corrected chi connectivity index (χ4v) is 3.52. The zero-order valence-corrected chi connectivity index (χ0v) is 17.5. The van der Waals surface area contributed by atoms with Crippen LogP contribution in [0, 0.1) is 0 Å². The van der Waals surface area contributed by atoms with E-state index in [2.05, 4.69) is 0 Å². The van der Waals surface area contributed by atoms with Gasteiger partial charge in [0.25, 0.3) is 5.78 Å². The van der Waals surface area contributed by atoms with Crippen LogP contribution < -0.4 is 9.47 Å². The minimum atomic E-state index is -1.67. The standard InChI is InChI=1S/C21H17Cl2NO6/c1-29-19-6-13-14(17(25)8-18(26)21(27)28)10-24(16(13)7-20(19)30-2)9-11-3-4-12(22)5-15(11)23/h3-8,10,25H,9H2,1-2H3,(H,27,28). The fourth-order valence-electron chi connectivity index (χ4n) is 3.05. The van der Waals surface area contributed by atoms with E-state index < -0.39 is 17.5 Å². The van der Waals surface area contributed by atoms with E-state index in [1.165, 1.54) is 14.2 Å². The highest BCUT2D eigenvalue weighted by Gasteiger charge is 2.19. The van der Waals surface area contributed by atoms with E-state index in [0.717, 1.165) is 5.56 Å². The first-order valence-corrected chi connectivity index (χ1v) is 9.37. The van der Waals surface area contributed by atoms with Crippen molar-refractivity contribution in [3.8, 4) is 11.5 Å². The van der Waals surface area contributed by atoms with E-state index in [1.807, 2.05) is 0 Å². The molecule has 7 nitrogen and oxygen atoms in total. The van der Waals surface area contributed by atoms with Gasteiger partial charge in [-0.15, -0.1) is 0 Å². The maximum absolute atomic E-state index is 11.5. The Morgan fingerprint density at radius 1 is 1.07 bits per heavy atom. The molecule has 0 saturated heterocycles. The number of benzene rings is 2. The van der Waals surface area contributed by atoms with Gasteiger partial charge in [-0.25, -0.2) is 4.79 Å². The Hall–Kier alpha value is -3.16. The molecular formula is C21H17Cl2NO6. The summed E-state index contributed by atoms with van der Waals surface area (Å²) in [7, 11) is 2.97. The maximum Gasteiger partial charge on any atom is 0.376 e. The largest absolute Gasteiger partial charge is 0.507 e. The second-order valence-corrected chi connectivity index (χ2v) is 7.17. The van der Waals surface area contributed by atoms with Crippen molar-refractivity contribution in [3.63, 3.8) is 0 Å². The highest BCUT2D eigenvalue weighted by Crippen LogP contribution is 2.37. The minimum absolute atomic E-state index is 0.255. The van der Waals surface area contributed by atoms with Crippen LogP contribution in [-0.2, 0) is 16.1 Å². The Kier molecular flexibility index (Phi) is 6.24. The molecule has 2 aromatic carbocycles. The monoisotopic (exact) mass is 449 g/mol. The number of carbonyl (C=O) groups excluding carboxylic acids is 1. The number of ketones is 1. The predicted molar refractivity (Wildman–Crippen MR) is 114 cm³/mol. The number of ether oxygens (including phenoxy) is 2. The van der Waals surface area contributed by atoms with E-state index in [4.69, 9.17) is 37.8 Å². The van der Waals surface area contributed by atoms with E-state index >= 15 is 0 Å². The van der Waals surface area contributed by atoms with Gasteiger partial charge < -0.3 is 24.3 Å². The van der Waals surface area contributed by atoms with Crippen LogP contribution in [0.3, 0.4) is 0 Å². The van der Waals surface area contributed by atoms with Gasteiger partial charge in [-0.3, -0.25) is 4.79 Å². The van der Waals surface area contributed by atoms with Crippen LogP contribution >= 0.6 is 23.2 Å². The number of aliphatic hydroxyl groups excluding tert-OH is 1. The number of carbonyl (C=O) groups is 2. The predicted octanol–water partition coefficient (Wildman–Crippen LogP) is 4.57. The molecule has 0 aliphatic rings.